The Balaban J connectivity index is 1.32. The number of anilines is 3. The third-order valence-corrected chi connectivity index (χ3v) is 5.34. The zero-order valence-corrected chi connectivity index (χ0v) is 19.1. The lowest BCUT2D eigenvalue weighted by Crippen LogP contribution is -2.17. The molecule has 2 aromatic carbocycles. The summed E-state index contributed by atoms with van der Waals surface area (Å²) < 4.78 is 7.64. The van der Waals surface area contributed by atoms with Crippen LogP contribution in [0.4, 0.5) is 17.2 Å². The van der Waals surface area contributed by atoms with E-state index in [-0.39, 0.29) is 6.61 Å². The lowest BCUT2D eigenvalue weighted by atomic mass is 10.2. The van der Waals surface area contributed by atoms with E-state index in [0.717, 1.165) is 27.9 Å². The zero-order chi connectivity index (χ0) is 24.0. The van der Waals surface area contributed by atoms with Gasteiger partial charge in [-0.1, -0.05) is 11.8 Å². The first-order chi connectivity index (χ1) is 17.2. The first-order valence-corrected chi connectivity index (χ1v) is 11.1. The molecule has 0 aliphatic carbocycles. The Hall–Kier alpha value is -4.68. The quantitative estimate of drug-likeness (QED) is 0.348. The van der Waals surface area contributed by atoms with E-state index in [2.05, 4.69) is 37.2 Å². The number of hydrogen-bond acceptors (Lipinski definition) is 8. The van der Waals surface area contributed by atoms with Gasteiger partial charge in [0, 0.05) is 42.5 Å². The molecule has 0 unspecified atom stereocenters. The van der Waals surface area contributed by atoms with E-state index >= 15 is 0 Å². The molecule has 0 spiro atoms. The average Bonchev–Trinajstić information content (AvgIpc) is 3.36. The van der Waals surface area contributed by atoms with Gasteiger partial charge in [0.15, 0.2) is 5.65 Å². The van der Waals surface area contributed by atoms with E-state index in [1.807, 2.05) is 66.5 Å². The highest BCUT2D eigenvalue weighted by atomic mass is 16.5. The molecule has 0 bridgehead atoms. The Morgan fingerprint density at radius 3 is 2.71 bits per heavy atom. The van der Waals surface area contributed by atoms with E-state index in [1.54, 1.807) is 17.0 Å². The van der Waals surface area contributed by atoms with E-state index in [9.17, 15) is 0 Å². The number of rotatable bonds is 7. The SMILES string of the molecule is CN(CC#CCCO)c1ccc2ncnc(Nc3ccc(Oc4ccn5ncnc5c4)cc3)c2c1. The van der Waals surface area contributed by atoms with Gasteiger partial charge in [0.25, 0.3) is 0 Å². The first-order valence-electron chi connectivity index (χ1n) is 11.1. The van der Waals surface area contributed by atoms with Gasteiger partial charge in [0.05, 0.1) is 18.7 Å². The number of hydrogen-bond donors (Lipinski definition) is 2. The fourth-order valence-corrected chi connectivity index (χ4v) is 3.53. The van der Waals surface area contributed by atoms with Crippen LogP contribution in [0.15, 0.2) is 73.4 Å². The number of aromatic nitrogens is 5. The topological polar surface area (TPSA) is 101 Å². The molecule has 174 valence electrons. The average molecular weight is 466 g/mol. The summed E-state index contributed by atoms with van der Waals surface area (Å²) in [5.41, 5.74) is 3.44. The Kier molecular flexibility index (Phi) is 6.37. The summed E-state index contributed by atoms with van der Waals surface area (Å²) in [4.78, 5) is 15.1. The largest absolute Gasteiger partial charge is 0.457 e. The minimum atomic E-state index is 0.0744. The summed E-state index contributed by atoms with van der Waals surface area (Å²) in [7, 11) is 1.98. The van der Waals surface area contributed by atoms with E-state index in [1.165, 1.54) is 6.33 Å². The molecule has 0 radical (unpaired) electrons. The van der Waals surface area contributed by atoms with Crippen molar-refractivity contribution in [3.63, 3.8) is 0 Å². The van der Waals surface area contributed by atoms with Crippen LogP contribution >= 0.6 is 0 Å². The third-order valence-electron chi connectivity index (χ3n) is 5.34. The molecule has 9 nitrogen and oxygen atoms in total. The lowest BCUT2D eigenvalue weighted by molar-refractivity contribution is 0.305. The molecule has 2 N–H and O–H groups in total. The van der Waals surface area contributed by atoms with Crippen molar-refractivity contribution in [3.8, 4) is 23.3 Å². The minimum absolute atomic E-state index is 0.0744. The van der Waals surface area contributed by atoms with Crippen LogP contribution in [0, 0.1) is 11.8 Å². The summed E-state index contributed by atoms with van der Waals surface area (Å²) in [6.07, 6.45) is 5.34. The van der Waals surface area contributed by atoms with Crippen LogP contribution in [-0.2, 0) is 0 Å². The van der Waals surface area contributed by atoms with E-state index in [0.29, 0.717) is 30.3 Å². The van der Waals surface area contributed by atoms with Crippen LogP contribution in [-0.4, -0.2) is 49.9 Å². The van der Waals surface area contributed by atoms with Gasteiger partial charge in [-0.2, -0.15) is 5.10 Å². The molecule has 0 fully saturated rings. The first kappa shape index (κ1) is 22.1. The lowest BCUT2D eigenvalue weighted by Gasteiger charge is -2.17. The second kappa shape index (κ2) is 10.1. The Labute approximate surface area is 202 Å². The van der Waals surface area contributed by atoms with Gasteiger partial charge in [-0.15, -0.1) is 0 Å². The second-order valence-electron chi connectivity index (χ2n) is 7.78. The highest BCUT2D eigenvalue weighted by Gasteiger charge is 2.08. The molecule has 0 atom stereocenters. The van der Waals surface area contributed by atoms with Crippen molar-refractivity contribution in [1.29, 1.82) is 0 Å². The van der Waals surface area contributed by atoms with Crippen LogP contribution < -0.4 is 15.0 Å². The summed E-state index contributed by atoms with van der Waals surface area (Å²) in [6.45, 7) is 0.637. The van der Waals surface area contributed by atoms with Crippen LogP contribution in [0.2, 0.25) is 0 Å². The summed E-state index contributed by atoms with van der Waals surface area (Å²) in [5.74, 6) is 8.12. The molecule has 3 aromatic heterocycles. The predicted octanol–water partition coefficient (Wildman–Crippen LogP) is 4.03. The molecule has 0 saturated heterocycles. The van der Waals surface area contributed by atoms with Gasteiger partial charge in [-0.05, 0) is 48.5 Å². The monoisotopic (exact) mass is 465 g/mol. The molecular formula is C26H23N7O2. The fraction of sp³-hybridized carbons (Fsp3) is 0.154. The second-order valence-corrected chi connectivity index (χ2v) is 7.78. The number of ether oxygens (including phenoxy) is 1. The summed E-state index contributed by atoms with van der Waals surface area (Å²) in [5, 5.41) is 17.3. The zero-order valence-electron chi connectivity index (χ0n) is 19.1. The Bertz CT molecular complexity index is 1520. The normalized spacial score (nSPS) is 10.7. The fourth-order valence-electron chi connectivity index (χ4n) is 3.53. The maximum atomic E-state index is 8.88. The highest BCUT2D eigenvalue weighted by molar-refractivity contribution is 5.93. The van der Waals surface area contributed by atoms with Crippen LogP contribution in [0.1, 0.15) is 6.42 Å². The summed E-state index contributed by atoms with van der Waals surface area (Å²) >= 11 is 0. The Morgan fingerprint density at radius 1 is 0.971 bits per heavy atom. The molecule has 0 aliphatic heterocycles. The van der Waals surface area contributed by atoms with Gasteiger partial charge in [-0.3, -0.25) is 0 Å². The van der Waals surface area contributed by atoms with Crippen molar-refractivity contribution >= 4 is 33.7 Å². The van der Waals surface area contributed by atoms with Gasteiger partial charge >= 0.3 is 0 Å². The van der Waals surface area contributed by atoms with Gasteiger partial charge in [0.1, 0.15) is 30.0 Å². The predicted molar refractivity (Wildman–Crippen MR) is 135 cm³/mol. The van der Waals surface area contributed by atoms with Crippen molar-refractivity contribution in [2.75, 3.05) is 30.4 Å². The van der Waals surface area contributed by atoms with Gasteiger partial charge in [0.2, 0.25) is 0 Å². The maximum absolute atomic E-state index is 8.88. The van der Waals surface area contributed by atoms with Crippen molar-refractivity contribution < 1.29 is 9.84 Å². The molecule has 3 heterocycles. The number of aliphatic hydroxyl groups is 1. The standard InChI is InChI=1S/C26H23N7O2/c1-32(12-3-2-4-14-34)20-7-10-24-23(15-20)26(29-17-27-24)31-19-5-8-21(9-6-19)35-22-11-13-33-25(16-22)28-18-30-33/h5-11,13,15-18,34H,4,12,14H2,1H3,(H,27,29,31). The number of nitrogens with one attached hydrogen (secondary N) is 1. The molecule has 0 amide bonds. The number of nitrogens with zero attached hydrogens (tertiary/aromatic N) is 6. The van der Waals surface area contributed by atoms with Crippen LogP contribution in [0.3, 0.4) is 0 Å². The molecular weight excluding hydrogens is 442 g/mol. The minimum Gasteiger partial charge on any atom is -0.457 e. The molecule has 0 saturated carbocycles. The number of pyridine rings is 1. The van der Waals surface area contributed by atoms with Crippen molar-refractivity contribution in [2.24, 2.45) is 0 Å². The van der Waals surface area contributed by atoms with Crippen molar-refractivity contribution in [1.82, 2.24) is 24.6 Å². The molecule has 9 heteroatoms. The number of aliphatic hydroxyl groups excluding tert-OH is 1. The smallest absolute Gasteiger partial charge is 0.158 e. The molecule has 35 heavy (non-hydrogen) atoms. The van der Waals surface area contributed by atoms with Gasteiger partial charge in [-0.25, -0.2) is 19.5 Å². The molecule has 5 rings (SSSR count). The number of benzene rings is 2. The van der Waals surface area contributed by atoms with Crippen molar-refractivity contribution in [3.05, 3.63) is 73.4 Å². The maximum Gasteiger partial charge on any atom is 0.158 e. The summed E-state index contributed by atoms with van der Waals surface area (Å²) in [6, 6.07) is 17.4. The van der Waals surface area contributed by atoms with E-state index < -0.39 is 0 Å². The van der Waals surface area contributed by atoms with Crippen LogP contribution in [0.5, 0.6) is 11.5 Å². The molecule has 5 aromatic rings. The Morgan fingerprint density at radius 2 is 1.86 bits per heavy atom. The van der Waals surface area contributed by atoms with E-state index in [4.69, 9.17) is 9.84 Å². The van der Waals surface area contributed by atoms with Crippen LogP contribution in [0.25, 0.3) is 16.6 Å². The van der Waals surface area contributed by atoms with Crippen molar-refractivity contribution in [2.45, 2.75) is 6.42 Å². The highest BCUT2D eigenvalue weighted by Crippen LogP contribution is 2.29. The molecule has 0 aliphatic rings. The van der Waals surface area contributed by atoms with Gasteiger partial charge < -0.3 is 20.1 Å². The number of fused-ring (bicyclic) bond motifs is 2. The third kappa shape index (κ3) is 5.13.